The number of carbonyl (C=O) groups is 2. The summed E-state index contributed by atoms with van der Waals surface area (Å²) in [5.41, 5.74) is 0. The highest BCUT2D eigenvalue weighted by molar-refractivity contribution is 5.88. The Kier molecular flexibility index (Phi) is 4.31. The summed E-state index contributed by atoms with van der Waals surface area (Å²) in [4.78, 5) is 30.1. The van der Waals surface area contributed by atoms with Gasteiger partial charge < -0.3 is 15.1 Å². The van der Waals surface area contributed by atoms with Gasteiger partial charge >= 0.3 is 0 Å². The molecule has 2 unspecified atom stereocenters. The molecular formula is C18H29N3O2. The highest BCUT2D eigenvalue weighted by Gasteiger charge is 2.44. The van der Waals surface area contributed by atoms with E-state index >= 15 is 0 Å². The molecule has 1 saturated carbocycles. The lowest BCUT2D eigenvalue weighted by atomic mass is 9.77. The lowest BCUT2D eigenvalue weighted by Gasteiger charge is -2.34. The quantitative estimate of drug-likeness (QED) is 0.829. The molecule has 0 aromatic heterocycles. The van der Waals surface area contributed by atoms with Gasteiger partial charge in [0.2, 0.25) is 11.8 Å². The van der Waals surface area contributed by atoms with Crippen LogP contribution in [0.4, 0.5) is 0 Å². The number of nitrogens with one attached hydrogen (secondary N) is 1. The molecule has 0 bridgehead atoms. The van der Waals surface area contributed by atoms with E-state index in [4.69, 9.17) is 0 Å². The molecule has 3 saturated heterocycles. The fourth-order valence-electron chi connectivity index (χ4n) is 5.16. The van der Waals surface area contributed by atoms with Crippen LogP contribution in [0.5, 0.6) is 0 Å². The molecule has 0 aromatic rings. The van der Waals surface area contributed by atoms with E-state index in [-0.39, 0.29) is 23.7 Å². The topological polar surface area (TPSA) is 52.7 Å². The maximum Gasteiger partial charge on any atom is 0.226 e. The Morgan fingerprint density at radius 3 is 1.83 bits per heavy atom. The summed E-state index contributed by atoms with van der Waals surface area (Å²) in [5.74, 6) is 1.71. The van der Waals surface area contributed by atoms with Crippen molar-refractivity contribution in [1.29, 1.82) is 0 Å². The number of rotatable bonds is 2. The summed E-state index contributed by atoms with van der Waals surface area (Å²) in [6, 6.07) is 0. The molecule has 0 aromatic carbocycles. The Bertz CT molecular complexity index is 463. The molecule has 4 fully saturated rings. The number of nitrogens with zero attached hydrogens (tertiary/aromatic N) is 2. The van der Waals surface area contributed by atoms with Crippen molar-refractivity contribution < 1.29 is 9.59 Å². The van der Waals surface area contributed by atoms with Crippen molar-refractivity contribution in [2.75, 3.05) is 39.3 Å². The largest absolute Gasteiger partial charge is 0.342 e. The summed E-state index contributed by atoms with van der Waals surface area (Å²) in [6.07, 6.45) is 6.27. The minimum atomic E-state index is -0.0522. The first kappa shape index (κ1) is 15.4. The molecule has 128 valence electrons. The van der Waals surface area contributed by atoms with Crippen LogP contribution in [0.3, 0.4) is 0 Å². The molecule has 0 radical (unpaired) electrons. The predicted molar refractivity (Wildman–Crippen MR) is 87.7 cm³/mol. The van der Waals surface area contributed by atoms with Crippen molar-refractivity contribution in [2.45, 2.75) is 38.5 Å². The highest BCUT2D eigenvalue weighted by Crippen LogP contribution is 2.36. The molecule has 1 N–H and O–H groups in total. The van der Waals surface area contributed by atoms with E-state index in [1.807, 2.05) is 4.90 Å². The minimum Gasteiger partial charge on any atom is -0.342 e. The number of hydrogen-bond donors (Lipinski definition) is 1. The normalized spacial score (nSPS) is 37.2. The van der Waals surface area contributed by atoms with Gasteiger partial charge in [-0.1, -0.05) is 12.8 Å². The van der Waals surface area contributed by atoms with Gasteiger partial charge in [0.1, 0.15) is 0 Å². The molecule has 5 nitrogen and oxygen atoms in total. The highest BCUT2D eigenvalue weighted by atomic mass is 16.2. The van der Waals surface area contributed by atoms with Gasteiger partial charge in [-0.05, 0) is 37.5 Å². The van der Waals surface area contributed by atoms with Crippen LogP contribution in [0.2, 0.25) is 0 Å². The second kappa shape index (κ2) is 6.42. The molecule has 2 amide bonds. The molecule has 3 heterocycles. The van der Waals surface area contributed by atoms with Gasteiger partial charge in [-0.15, -0.1) is 0 Å². The molecule has 23 heavy (non-hydrogen) atoms. The van der Waals surface area contributed by atoms with Crippen LogP contribution in [0, 0.1) is 23.7 Å². The Morgan fingerprint density at radius 2 is 1.26 bits per heavy atom. The van der Waals surface area contributed by atoms with Gasteiger partial charge in [-0.25, -0.2) is 0 Å². The van der Waals surface area contributed by atoms with E-state index in [9.17, 15) is 9.59 Å². The van der Waals surface area contributed by atoms with Crippen molar-refractivity contribution in [3.05, 3.63) is 0 Å². The minimum absolute atomic E-state index is 0.0482. The number of amides is 2. The van der Waals surface area contributed by atoms with Gasteiger partial charge in [-0.3, -0.25) is 9.59 Å². The zero-order valence-electron chi connectivity index (χ0n) is 14.0. The monoisotopic (exact) mass is 319 g/mol. The van der Waals surface area contributed by atoms with E-state index in [0.29, 0.717) is 11.8 Å². The standard InChI is InChI=1S/C18H29N3O2/c22-17(20-7-3-4-8-20)15-5-1-2-6-16(15)18(23)21-11-13-9-19-10-14(13)12-21/h13-16,19H,1-12H2/t13-,14+,15?,16?. The van der Waals surface area contributed by atoms with Crippen LogP contribution in [0.1, 0.15) is 38.5 Å². The molecule has 1 aliphatic carbocycles. The van der Waals surface area contributed by atoms with Crippen molar-refractivity contribution in [3.63, 3.8) is 0 Å². The molecule has 0 spiro atoms. The molecule has 4 aliphatic rings. The van der Waals surface area contributed by atoms with Crippen LogP contribution in [0.15, 0.2) is 0 Å². The summed E-state index contributed by atoms with van der Waals surface area (Å²) < 4.78 is 0. The van der Waals surface area contributed by atoms with Crippen LogP contribution < -0.4 is 5.32 Å². The Labute approximate surface area is 138 Å². The molecular weight excluding hydrogens is 290 g/mol. The van der Waals surface area contributed by atoms with E-state index in [2.05, 4.69) is 10.2 Å². The SMILES string of the molecule is O=C(C1CCCCC1C(=O)N1C[C@H]2CNC[C@H]2C1)N1CCCC1. The third-order valence-corrected chi connectivity index (χ3v) is 6.52. The number of carbonyl (C=O) groups excluding carboxylic acids is 2. The Balaban J connectivity index is 1.44. The van der Waals surface area contributed by atoms with Gasteiger partial charge in [0.05, 0.1) is 0 Å². The van der Waals surface area contributed by atoms with Crippen molar-refractivity contribution in [2.24, 2.45) is 23.7 Å². The van der Waals surface area contributed by atoms with E-state index in [1.54, 1.807) is 0 Å². The van der Waals surface area contributed by atoms with Gasteiger partial charge in [0.15, 0.2) is 0 Å². The zero-order chi connectivity index (χ0) is 15.8. The predicted octanol–water partition coefficient (Wildman–Crippen LogP) is 1.09. The average Bonchev–Trinajstić information content (AvgIpc) is 3.29. The smallest absolute Gasteiger partial charge is 0.226 e. The molecule has 4 atom stereocenters. The fraction of sp³-hybridized carbons (Fsp3) is 0.889. The molecule has 3 aliphatic heterocycles. The van der Waals surface area contributed by atoms with Crippen molar-refractivity contribution in [1.82, 2.24) is 15.1 Å². The third kappa shape index (κ3) is 2.88. The summed E-state index contributed by atoms with van der Waals surface area (Å²) in [7, 11) is 0. The van der Waals surface area contributed by atoms with Crippen LogP contribution >= 0.6 is 0 Å². The second-order valence-electron chi connectivity index (χ2n) is 7.95. The maximum absolute atomic E-state index is 13.1. The second-order valence-corrected chi connectivity index (χ2v) is 7.95. The summed E-state index contributed by atoms with van der Waals surface area (Å²) in [6.45, 7) is 5.70. The first-order valence-corrected chi connectivity index (χ1v) is 9.52. The lowest BCUT2D eigenvalue weighted by Crippen LogP contribution is -2.46. The molecule has 5 heteroatoms. The van der Waals surface area contributed by atoms with Crippen molar-refractivity contribution >= 4 is 11.8 Å². The Morgan fingerprint density at radius 1 is 0.739 bits per heavy atom. The van der Waals surface area contributed by atoms with Gasteiger partial charge in [-0.2, -0.15) is 0 Å². The van der Waals surface area contributed by atoms with Gasteiger partial charge in [0, 0.05) is 51.1 Å². The maximum atomic E-state index is 13.1. The fourth-order valence-corrected chi connectivity index (χ4v) is 5.16. The van der Waals surface area contributed by atoms with Crippen LogP contribution in [0.25, 0.3) is 0 Å². The molecule has 4 rings (SSSR count). The number of fused-ring (bicyclic) bond motifs is 1. The van der Waals surface area contributed by atoms with Crippen molar-refractivity contribution in [3.8, 4) is 0 Å². The lowest BCUT2D eigenvalue weighted by molar-refractivity contribution is -0.147. The van der Waals surface area contributed by atoms with E-state index in [1.165, 1.54) is 0 Å². The van der Waals surface area contributed by atoms with Gasteiger partial charge in [0.25, 0.3) is 0 Å². The zero-order valence-corrected chi connectivity index (χ0v) is 14.0. The third-order valence-electron chi connectivity index (χ3n) is 6.52. The number of likely N-dealkylation sites (tertiary alicyclic amines) is 2. The first-order chi connectivity index (χ1) is 11.2. The van der Waals surface area contributed by atoms with E-state index < -0.39 is 0 Å². The average molecular weight is 319 g/mol. The Hall–Kier alpha value is -1.10. The number of hydrogen-bond acceptors (Lipinski definition) is 3. The first-order valence-electron chi connectivity index (χ1n) is 9.52. The van der Waals surface area contributed by atoms with E-state index in [0.717, 1.165) is 77.8 Å². The van der Waals surface area contributed by atoms with Crippen LogP contribution in [-0.4, -0.2) is 60.9 Å². The summed E-state index contributed by atoms with van der Waals surface area (Å²) >= 11 is 0. The summed E-state index contributed by atoms with van der Waals surface area (Å²) in [5, 5.41) is 3.43. The van der Waals surface area contributed by atoms with Crippen LogP contribution in [-0.2, 0) is 9.59 Å².